The van der Waals surface area contributed by atoms with Crippen molar-refractivity contribution < 1.29 is 4.74 Å². The summed E-state index contributed by atoms with van der Waals surface area (Å²) < 4.78 is 5.63. The molecule has 0 aliphatic heterocycles. The van der Waals surface area contributed by atoms with Gasteiger partial charge in [-0.2, -0.15) is 0 Å². The van der Waals surface area contributed by atoms with E-state index in [4.69, 9.17) is 4.74 Å². The van der Waals surface area contributed by atoms with Crippen LogP contribution in [0.4, 0.5) is 0 Å². The molecule has 0 atom stereocenters. The molecular weight excluding hydrogens is 160 g/mol. The predicted molar refractivity (Wildman–Crippen MR) is 56.0 cm³/mol. The van der Waals surface area contributed by atoms with Gasteiger partial charge in [-0.3, -0.25) is 0 Å². The van der Waals surface area contributed by atoms with Crippen LogP contribution in [0, 0.1) is 19.8 Å². The highest BCUT2D eigenvalue weighted by molar-refractivity contribution is 5.37. The van der Waals surface area contributed by atoms with Gasteiger partial charge in [-0.15, -0.1) is 0 Å². The summed E-state index contributed by atoms with van der Waals surface area (Å²) >= 11 is 0. The first-order valence-corrected chi connectivity index (χ1v) is 4.65. The molecule has 1 rings (SSSR count). The predicted octanol–water partition coefficient (Wildman–Crippen LogP) is 3.21. The van der Waals surface area contributed by atoms with Crippen molar-refractivity contribution >= 4 is 0 Å². The summed E-state index contributed by atoms with van der Waals surface area (Å²) in [5.74, 6) is 1.54. The third kappa shape index (κ3) is 3.10. The zero-order valence-electron chi connectivity index (χ0n) is 8.63. The Labute approximate surface area is 80.7 Å². The number of benzene rings is 1. The van der Waals surface area contributed by atoms with Crippen molar-refractivity contribution in [2.45, 2.75) is 20.8 Å². The second-order valence-corrected chi connectivity index (χ2v) is 3.80. The van der Waals surface area contributed by atoms with Crippen LogP contribution in [0.2, 0.25) is 0 Å². The normalized spacial score (nSPS) is 10.5. The Morgan fingerprint density at radius 2 is 2.08 bits per heavy atom. The van der Waals surface area contributed by atoms with Crippen molar-refractivity contribution in [2.75, 3.05) is 6.61 Å². The number of ether oxygens (including phenoxy) is 1. The van der Waals surface area contributed by atoms with Gasteiger partial charge >= 0.3 is 0 Å². The molecule has 1 heteroatoms. The van der Waals surface area contributed by atoms with Crippen molar-refractivity contribution in [3.63, 3.8) is 0 Å². The molecule has 1 radical (unpaired) electrons. The van der Waals surface area contributed by atoms with Crippen molar-refractivity contribution in [1.29, 1.82) is 0 Å². The number of hydrogen-bond acceptors (Lipinski definition) is 1. The molecule has 0 saturated carbocycles. The molecule has 0 spiro atoms. The molecular formula is C12H17O. The maximum Gasteiger partial charge on any atom is 0.122 e. The van der Waals surface area contributed by atoms with Crippen LogP contribution in [0.15, 0.2) is 18.2 Å². The third-order valence-corrected chi connectivity index (χ3v) is 1.81. The minimum atomic E-state index is 0.568. The van der Waals surface area contributed by atoms with Gasteiger partial charge in [0.2, 0.25) is 0 Å². The fourth-order valence-corrected chi connectivity index (χ4v) is 1.13. The van der Waals surface area contributed by atoms with Crippen LogP contribution in [-0.2, 0) is 0 Å². The Hall–Kier alpha value is -0.980. The molecule has 0 aromatic heterocycles. The van der Waals surface area contributed by atoms with Crippen LogP contribution in [0.5, 0.6) is 5.75 Å². The van der Waals surface area contributed by atoms with E-state index in [0.717, 1.165) is 23.5 Å². The maximum atomic E-state index is 5.63. The van der Waals surface area contributed by atoms with E-state index < -0.39 is 0 Å². The molecule has 13 heavy (non-hydrogen) atoms. The first kappa shape index (κ1) is 10.1. The molecule has 0 aliphatic rings. The van der Waals surface area contributed by atoms with Crippen molar-refractivity contribution in [1.82, 2.24) is 0 Å². The van der Waals surface area contributed by atoms with E-state index in [0.29, 0.717) is 5.92 Å². The van der Waals surface area contributed by atoms with E-state index in [1.165, 1.54) is 0 Å². The molecule has 0 bridgehead atoms. The van der Waals surface area contributed by atoms with Gasteiger partial charge in [-0.1, -0.05) is 26.0 Å². The van der Waals surface area contributed by atoms with Crippen LogP contribution in [0.25, 0.3) is 0 Å². The highest BCUT2D eigenvalue weighted by atomic mass is 16.5. The zero-order valence-corrected chi connectivity index (χ0v) is 8.63. The Bertz CT molecular complexity index is 276. The summed E-state index contributed by atoms with van der Waals surface area (Å²) in [7, 11) is 0. The maximum absolute atomic E-state index is 5.63. The summed E-state index contributed by atoms with van der Waals surface area (Å²) in [6.45, 7) is 11.0. The molecule has 0 amide bonds. The van der Waals surface area contributed by atoms with Gasteiger partial charge in [0.05, 0.1) is 6.61 Å². The Morgan fingerprint density at radius 1 is 1.38 bits per heavy atom. The lowest BCUT2D eigenvalue weighted by Gasteiger charge is -2.11. The average Bonchev–Trinajstić information content (AvgIpc) is 2.02. The van der Waals surface area contributed by atoms with Gasteiger partial charge in [0.1, 0.15) is 5.75 Å². The average molecular weight is 177 g/mol. The zero-order chi connectivity index (χ0) is 9.84. The van der Waals surface area contributed by atoms with Gasteiger partial charge in [-0.05, 0) is 37.0 Å². The molecule has 0 heterocycles. The van der Waals surface area contributed by atoms with Gasteiger partial charge < -0.3 is 4.74 Å². The smallest absolute Gasteiger partial charge is 0.122 e. The summed E-state index contributed by atoms with van der Waals surface area (Å²) in [6, 6.07) is 6.00. The van der Waals surface area contributed by atoms with Crippen LogP contribution in [0.1, 0.15) is 25.0 Å². The van der Waals surface area contributed by atoms with Crippen LogP contribution < -0.4 is 4.74 Å². The summed E-state index contributed by atoms with van der Waals surface area (Å²) in [4.78, 5) is 0. The van der Waals surface area contributed by atoms with E-state index in [-0.39, 0.29) is 0 Å². The van der Waals surface area contributed by atoms with Gasteiger partial charge in [-0.25, -0.2) is 0 Å². The van der Waals surface area contributed by atoms with E-state index in [2.05, 4.69) is 20.8 Å². The Kier molecular flexibility index (Phi) is 3.35. The van der Waals surface area contributed by atoms with Gasteiger partial charge in [0.15, 0.2) is 0 Å². The van der Waals surface area contributed by atoms with Gasteiger partial charge in [0.25, 0.3) is 0 Å². The molecule has 0 N–H and O–H groups in total. The fraction of sp³-hybridized carbons (Fsp3) is 0.417. The molecule has 1 aromatic carbocycles. The van der Waals surface area contributed by atoms with E-state index in [9.17, 15) is 0 Å². The van der Waals surface area contributed by atoms with E-state index >= 15 is 0 Å². The monoisotopic (exact) mass is 177 g/mol. The van der Waals surface area contributed by atoms with Crippen LogP contribution >= 0.6 is 0 Å². The molecule has 0 unspecified atom stereocenters. The van der Waals surface area contributed by atoms with Crippen LogP contribution in [-0.4, -0.2) is 6.61 Å². The number of aryl methyl sites for hydroxylation is 1. The lowest BCUT2D eigenvalue weighted by molar-refractivity contribution is 0.269. The SMILES string of the molecule is [CH2]c1ccc(OCC(C)C)c(C)c1. The topological polar surface area (TPSA) is 9.23 Å². The number of hydrogen-bond donors (Lipinski definition) is 0. The highest BCUT2D eigenvalue weighted by Gasteiger charge is 2.00. The molecule has 71 valence electrons. The fourth-order valence-electron chi connectivity index (χ4n) is 1.13. The molecule has 1 nitrogen and oxygen atoms in total. The Balaban J connectivity index is 2.67. The summed E-state index contributed by atoms with van der Waals surface area (Å²) in [5.41, 5.74) is 2.20. The minimum absolute atomic E-state index is 0.568. The van der Waals surface area contributed by atoms with E-state index in [1.54, 1.807) is 0 Å². The van der Waals surface area contributed by atoms with E-state index in [1.807, 2.05) is 25.1 Å². The standard InChI is InChI=1S/C12H17O/c1-9(2)8-13-12-6-5-10(3)7-11(12)4/h5-7,9H,3,8H2,1-2,4H3. The second-order valence-electron chi connectivity index (χ2n) is 3.80. The molecule has 1 aromatic rings. The van der Waals surface area contributed by atoms with Gasteiger partial charge in [0, 0.05) is 0 Å². The number of rotatable bonds is 3. The molecule has 0 fully saturated rings. The lowest BCUT2D eigenvalue weighted by atomic mass is 10.1. The first-order chi connectivity index (χ1) is 6.09. The summed E-state index contributed by atoms with van der Waals surface area (Å²) in [6.07, 6.45) is 0. The summed E-state index contributed by atoms with van der Waals surface area (Å²) in [5, 5.41) is 0. The largest absolute Gasteiger partial charge is 0.493 e. The van der Waals surface area contributed by atoms with Crippen molar-refractivity contribution in [3.8, 4) is 5.75 Å². The highest BCUT2D eigenvalue weighted by Crippen LogP contribution is 2.19. The molecule has 0 saturated heterocycles. The third-order valence-electron chi connectivity index (χ3n) is 1.81. The quantitative estimate of drug-likeness (QED) is 0.689. The first-order valence-electron chi connectivity index (χ1n) is 4.65. The van der Waals surface area contributed by atoms with Crippen molar-refractivity contribution in [2.24, 2.45) is 5.92 Å². The lowest BCUT2D eigenvalue weighted by Crippen LogP contribution is -2.05. The van der Waals surface area contributed by atoms with Crippen LogP contribution in [0.3, 0.4) is 0 Å². The second kappa shape index (κ2) is 4.31. The Morgan fingerprint density at radius 3 is 2.62 bits per heavy atom. The van der Waals surface area contributed by atoms with Crippen molar-refractivity contribution in [3.05, 3.63) is 36.2 Å². The minimum Gasteiger partial charge on any atom is -0.493 e. The molecule has 0 aliphatic carbocycles.